The van der Waals surface area contributed by atoms with Crippen molar-refractivity contribution in [2.45, 2.75) is 46.5 Å². The van der Waals surface area contributed by atoms with Gasteiger partial charge in [0.25, 0.3) is 0 Å². The number of likely N-dealkylation sites (tertiary alicyclic amines) is 1. The third-order valence-corrected chi connectivity index (χ3v) is 4.14. The van der Waals surface area contributed by atoms with Crippen molar-refractivity contribution in [1.82, 2.24) is 10.2 Å². The van der Waals surface area contributed by atoms with Crippen LogP contribution in [-0.4, -0.2) is 43.3 Å². The van der Waals surface area contributed by atoms with Crippen LogP contribution in [0, 0.1) is 17.8 Å². The molecular formula is C16H30N2O2. The van der Waals surface area contributed by atoms with Gasteiger partial charge in [-0.05, 0) is 45.6 Å². The monoisotopic (exact) mass is 282 g/mol. The van der Waals surface area contributed by atoms with Gasteiger partial charge in [-0.2, -0.15) is 0 Å². The van der Waals surface area contributed by atoms with Gasteiger partial charge in [-0.3, -0.25) is 9.59 Å². The van der Waals surface area contributed by atoms with Crippen LogP contribution in [0.2, 0.25) is 0 Å². The molecule has 1 rings (SSSR count). The Bertz CT molecular complexity index is 322. The van der Waals surface area contributed by atoms with Gasteiger partial charge in [0, 0.05) is 31.5 Å². The molecule has 1 aliphatic heterocycles. The molecule has 0 radical (unpaired) electrons. The number of hydrogen-bond donors (Lipinski definition) is 1. The van der Waals surface area contributed by atoms with Gasteiger partial charge in [-0.1, -0.05) is 13.8 Å². The van der Waals surface area contributed by atoms with E-state index in [-0.39, 0.29) is 23.5 Å². The lowest BCUT2D eigenvalue weighted by atomic mass is 9.81. The number of piperidine rings is 1. The lowest BCUT2D eigenvalue weighted by molar-refractivity contribution is -0.142. The van der Waals surface area contributed by atoms with Crippen molar-refractivity contribution in [3.63, 3.8) is 0 Å². The van der Waals surface area contributed by atoms with Gasteiger partial charge >= 0.3 is 0 Å². The third kappa shape index (κ3) is 4.89. The summed E-state index contributed by atoms with van der Waals surface area (Å²) in [7, 11) is 1.84. The van der Waals surface area contributed by atoms with Gasteiger partial charge in [0.2, 0.25) is 5.91 Å². The zero-order chi connectivity index (χ0) is 15.1. The smallest absolute Gasteiger partial charge is 0.226 e. The fourth-order valence-corrected chi connectivity index (χ4v) is 3.08. The number of carbonyl (C=O) groups excluding carboxylic acids is 2. The number of hydrogen-bond acceptors (Lipinski definition) is 3. The van der Waals surface area contributed by atoms with Crippen molar-refractivity contribution in [2.24, 2.45) is 17.8 Å². The maximum atomic E-state index is 12.8. The highest BCUT2D eigenvalue weighted by atomic mass is 16.2. The number of nitrogens with one attached hydrogen (secondary N) is 1. The highest BCUT2D eigenvalue weighted by Crippen LogP contribution is 2.25. The Morgan fingerprint density at radius 3 is 2.15 bits per heavy atom. The molecule has 1 N–H and O–H groups in total. The van der Waals surface area contributed by atoms with Gasteiger partial charge in [-0.25, -0.2) is 0 Å². The van der Waals surface area contributed by atoms with Crippen molar-refractivity contribution in [1.29, 1.82) is 0 Å². The quantitative estimate of drug-likeness (QED) is 0.778. The second-order valence-corrected chi connectivity index (χ2v) is 6.40. The molecule has 1 aliphatic rings. The molecule has 116 valence electrons. The fraction of sp³-hybridized carbons (Fsp3) is 0.875. The van der Waals surface area contributed by atoms with E-state index in [1.165, 1.54) is 6.42 Å². The first-order chi connectivity index (χ1) is 9.47. The highest BCUT2D eigenvalue weighted by Gasteiger charge is 2.34. The summed E-state index contributed by atoms with van der Waals surface area (Å²) in [6.07, 6.45) is 4.19. The molecule has 1 fully saturated rings. The Balaban J connectivity index is 2.84. The highest BCUT2D eigenvalue weighted by molar-refractivity contribution is 5.87. The topological polar surface area (TPSA) is 49.4 Å². The molecule has 0 aromatic carbocycles. The van der Waals surface area contributed by atoms with Crippen LogP contribution in [0.25, 0.3) is 0 Å². The van der Waals surface area contributed by atoms with Crippen LogP contribution >= 0.6 is 0 Å². The van der Waals surface area contributed by atoms with Crippen LogP contribution in [0.15, 0.2) is 0 Å². The molecule has 4 heteroatoms. The Labute approximate surface area is 123 Å². The molecule has 0 spiro atoms. The minimum atomic E-state index is -0.197. The molecular weight excluding hydrogens is 252 g/mol. The van der Waals surface area contributed by atoms with Gasteiger partial charge in [-0.15, -0.1) is 0 Å². The van der Waals surface area contributed by atoms with E-state index >= 15 is 0 Å². The number of nitrogens with zero attached hydrogens (tertiary/aromatic N) is 1. The van der Waals surface area contributed by atoms with Gasteiger partial charge in [0.05, 0.1) is 0 Å². The third-order valence-electron chi connectivity index (χ3n) is 4.14. The summed E-state index contributed by atoms with van der Waals surface area (Å²) >= 11 is 0. The number of rotatable bonds is 7. The van der Waals surface area contributed by atoms with E-state index in [0.29, 0.717) is 12.5 Å². The van der Waals surface area contributed by atoms with E-state index in [9.17, 15) is 9.59 Å². The van der Waals surface area contributed by atoms with Crippen molar-refractivity contribution >= 4 is 11.7 Å². The Hall–Kier alpha value is -0.900. The van der Waals surface area contributed by atoms with E-state index in [0.717, 1.165) is 32.4 Å². The first-order valence-corrected chi connectivity index (χ1v) is 7.91. The molecule has 2 atom stereocenters. The molecule has 1 saturated heterocycles. The predicted octanol–water partition coefficient (Wildman–Crippen LogP) is 2.09. The molecule has 0 aromatic rings. The fourth-order valence-electron chi connectivity index (χ4n) is 3.08. The minimum absolute atomic E-state index is 0.121. The normalized spacial score (nSPS) is 18.9. The largest absolute Gasteiger partial charge is 0.342 e. The minimum Gasteiger partial charge on any atom is -0.342 e. The van der Waals surface area contributed by atoms with Crippen molar-refractivity contribution in [2.75, 3.05) is 26.7 Å². The molecule has 4 nitrogen and oxygen atoms in total. The second kappa shape index (κ2) is 8.40. The molecule has 0 saturated carbocycles. The SMILES string of the molecule is CNC[C@H](C(C)=O)[C@@H](CC(C)C)C(=O)N1CCCCC1. The molecule has 0 aromatic heterocycles. The molecule has 20 heavy (non-hydrogen) atoms. The van der Waals surface area contributed by atoms with Gasteiger partial charge < -0.3 is 10.2 Å². The maximum absolute atomic E-state index is 12.8. The summed E-state index contributed by atoms with van der Waals surface area (Å²) in [5.41, 5.74) is 0. The van der Waals surface area contributed by atoms with Crippen LogP contribution in [-0.2, 0) is 9.59 Å². The number of carbonyl (C=O) groups is 2. The van der Waals surface area contributed by atoms with Crippen LogP contribution in [0.1, 0.15) is 46.5 Å². The van der Waals surface area contributed by atoms with Crippen LogP contribution in [0.4, 0.5) is 0 Å². The predicted molar refractivity (Wildman–Crippen MR) is 81.5 cm³/mol. The maximum Gasteiger partial charge on any atom is 0.226 e. The first-order valence-electron chi connectivity index (χ1n) is 7.91. The van der Waals surface area contributed by atoms with Crippen LogP contribution in [0.3, 0.4) is 0 Å². The average molecular weight is 282 g/mol. The van der Waals surface area contributed by atoms with Crippen molar-refractivity contribution in [3.8, 4) is 0 Å². The Morgan fingerprint density at radius 1 is 1.10 bits per heavy atom. The Morgan fingerprint density at radius 2 is 1.70 bits per heavy atom. The van der Waals surface area contributed by atoms with E-state index < -0.39 is 0 Å². The van der Waals surface area contributed by atoms with E-state index in [2.05, 4.69) is 19.2 Å². The zero-order valence-electron chi connectivity index (χ0n) is 13.4. The van der Waals surface area contributed by atoms with Crippen molar-refractivity contribution < 1.29 is 9.59 Å². The van der Waals surface area contributed by atoms with Crippen molar-refractivity contribution in [3.05, 3.63) is 0 Å². The zero-order valence-corrected chi connectivity index (χ0v) is 13.4. The Kier molecular flexibility index (Phi) is 7.20. The lowest BCUT2D eigenvalue weighted by Crippen LogP contribution is -2.45. The molecule has 0 unspecified atom stereocenters. The standard InChI is InChI=1S/C16H30N2O2/c1-12(2)10-14(15(11-17-4)13(3)19)16(20)18-8-6-5-7-9-18/h12,14-15,17H,5-11H2,1-4H3/t14-,15-/m1/s1. The summed E-state index contributed by atoms with van der Waals surface area (Å²) < 4.78 is 0. The van der Waals surface area contributed by atoms with Crippen LogP contribution in [0.5, 0.6) is 0 Å². The molecule has 0 bridgehead atoms. The van der Waals surface area contributed by atoms with E-state index in [4.69, 9.17) is 0 Å². The molecule has 0 aliphatic carbocycles. The lowest BCUT2D eigenvalue weighted by Gasteiger charge is -2.34. The summed E-state index contributed by atoms with van der Waals surface area (Å²) in [6.45, 7) is 8.15. The summed E-state index contributed by atoms with van der Waals surface area (Å²) in [5, 5.41) is 3.07. The summed E-state index contributed by atoms with van der Waals surface area (Å²) in [4.78, 5) is 26.7. The number of ketones is 1. The van der Waals surface area contributed by atoms with Gasteiger partial charge in [0.1, 0.15) is 5.78 Å². The van der Waals surface area contributed by atoms with E-state index in [1.807, 2.05) is 11.9 Å². The summed E-state index contributed by atoms with van der Waals surface area (Å²) in [6, 6.07) is 0. The number of amides is 1. The van der Waals surface area contributed by atoms with Crippen LogP contribution < -0.4 is 5.32 Å². The molecule has 1 amide bonds. The second-order valence-electron chi connectivity index (χ2n) is 6.40. The molecule has 1 heterocycles. The first kappa shape index (κ1) is 17.2. The van der Waals surface area contributed by atoms with Gasteiger partial charge in [0.15, 0.2) is 0 Å². The number of Topliss-reactive ketones (excluding diaryl/α,β-unsaturated/α-hetero) is 1. The van der Waals surface area contributed by atoms with E-state index in [1.54, 1.807) is 6.92 Å². The summed E-state index contributed by atoms with van der Waals surface area (Å²) in [5.74, 6) is 0.367. The average Bonchev–Trinajstić information content (AvgIpc) is 2.42.